The third-order valence-corrected chi connectivity index (χ3v) is 3.60. The Hall–Kier alpha value is -0.740. The van der Waals surface area contributed by atoms with Gasteiger partial charge in [0.1, 0.15) is 5.82 Å². The predicted octanol–water partition coefficient (Wildman–Crippen LogP) is 2.64. The molecule has 0 spiro atoms. The number of hydrogen-bond donors (Lipinski definition) is 1. The zero-order valence-corrected chi connectivity index (χ0v) is 10.4. The van der Waals surface area contributed by atoms with E-state index < -0.39 is 4.75 Å². The number of ketones is 1. The molecular weight excluding hydrogens is 232 g/mol. The Morgan fingerprint density at radius 3 is 2.73 bits per heavy atom. The van der Waals surface area contributed by atoms with Gasteiger partial charge in [0.05, 0.1) is 15.3 Å². The zero-order valence-electron chi connectivity index (χ0n) is 8.87. The molecule has 1 heterocycles. The number of carbonyl (C=O) groups is 1. The third kappa shape index (κ3) is 2.63. The summed E-state index contributed by atoms with van der Waals surface area (Å²) < 4.78 is -0.513. The van der Waals surface area contributed by atoms with E-state index in [2.05, 4.69) is 4.98 Å². The lowest BCUT2D eigenvalue weighted by molar-refractivity contribution is 0.0959. The quantitative estimate of drug-likeness (QED) is 0.831. The van der Waals surface area contributed by atoms with Crippen LogP contribution in [0.1, 0.15) is 24.2 Å². The Bertz CT molecular complexity index is 393. The van der Waals surface area contributed by atoms with E-state index in [1.54, 1.807) is 6.07 Å². The molecule has 0 atom stereocenters. The molecule has 0 fully saturated rings. The molecule has 3 nitrogen and oxygen atoms in total. The molecule has 2 N–H and O–H groups in total. The second-order valence-corrected chi connectivity index (χ2v) is 5.50. The van der Waals surface area contributed by atoms with Gasteiger partial charge in [-0.05, 0) is 26.2 Å². The van der Waals surface area contributed by atoms with Gasteiger partial charge in [0.2, 0.25) is 0 Å². The first-order chi connectivity index (χ1) is 6.88. The summed E-state index contributed by atoms with van der Waals surface area (Å²) in [6.07, 6.45) is 3.31. The number of halogens is 1. The Kier molecular flexibility index (Phi) is 3.62. The minimum absolute atomic E-state index is 0.0532. The van der Waals surface area contributed by atoms with Crippen molar-refractivity contribution >= 4 is 35.0 Å². The lowest BCUT2D eigenvalue weighted by atomic mass is 10.0. The predicted molar refractivity (Wildman–Crippen MR) is 65.6 cm³/mol. The van der Waals surface area contributed by atoms with E-state index in [1.807, 2.05) is 20.1 Å². The lowest BCUT2D eigenvalue weighted by Crippen LogP contribution is -2.28. The minimum Gasteiger partial charge on any atom is -0.383 e. The number of thioether (sulfide) groups is 1. The Morgan fingerprint density at radius 2 is 2.20 bits per heavy atom. The topological polar surface area (TPSA) is 56.0 Å². The molecule has 1 aromatic rings. The van der Waals surface area contributed by atoms with Crippen LogP contribution in [0.25, 0.3) is 0 Å². The Labute approximate surface area is 98.4 Å². The summed E-state index contributed by atoms with van der Waals surface area (Å²) in [6.45, 7) is 3.70. The van der Waals surface area contributed by atoms with Crippen LogP contribution in [0, 0.1) is 0 Å². The van der Waals surface area contributed by atoms with Crippen LogP contribution in [-0.2, 0) is 0 Å². The van der Waals surface area contributed by atoms with E-state index in [0.29, 0.717) is 10.6 Å². The fourth-order valence-corrected chi connectivity index (χ4v) is 1.50. The molecule has 1 aromatic heterocycles. The van der Waals surface area contributed by atoms with E-state index in [0.717, 1.165) is 0 Å². The van der Waals surface area contributed by atoms with Gasteiger partial charge in [-0.3, -0.25) is 4.79 Å². The van der Waals surface area contributed by atoms with Crippen LogP contribution in [0.5, 0.6) is 0 Å². The summed E-state index contributed by atoms with van der Waals surface area (Å²) in [5.41, 5.74) is 6.03. The van der Waals surface area contributed by atoms with Gasteiger partial charge in [0, 0.05) is 6.20 Å². The molecule has 0 saturated carbocycles. The maximum atomic E-state index is 12.1. The summed E-state index contributed by atoms with van der Waals surface area (Å²) in [7, 11) is 0. The number of pyridine rings is 1. The van der Waals surface area contributed by atoms with Crippen molar-refractivity contribution < 1.29 is 4.79 Å². The second kappa shape index (κ2) is 4.41. The summed E-state index contributed by atoms with van der Waals surface area (Å²) in [5.74, 6) is 0.175. The van der Waals surface area contributed by atoms with Gasteiger partial charge in [-0.2, -0.15) is 11.8 Å². The number of Topliss-reactive ketones (excluding diaryl/α,β-unsaturated/α-hetero) is 1. The maximum absolute atomic E-state index is 12.1. The molecule has 0 unspecified atom stereocenters. The molecule has 0 bridgehead atoms. The molecule has 5 heteroatoms. The van der Waals surface area contributed by atoms with Gasteiger partial charge in [-0.15, -0.1) is 0 Å². The number of anilines is 1. The monoisotopic (exact) mass is 244 g/mol. The molecule has 0 aliphatic heterocycles. The highest BCUT2D eigenvalue weighted by Gasteiger charge is 2.29. The van der Waals surface area contributed by atoms with Crippen molar-refractivity contribution in [2.45, 2.75) is 18.6 Å². The minimum atomic E-state index is -0.513. The SMILES string of the molecule is CSC(C)(C)C(=O)c1cc(Cl)cnc1N. The molecule has 0 radical (unpaired) electrons. The molecule has 0 amide bonds. The van der Waals surface area contributed by atoms with Crippen LogP contribution < -0.4 is 5.73 Å². The summed E-state index contributed by atoms with van der Waals surface area (Å²) in [4.78, 5) is 15.9. The average Bonchev–Trinajstić information content (AvgIpc) is 2.20. The molecule has 15 heavy (non-hydrogen) atoms. The summed E-state index contributed by atoms with van der Waals surface area (Å²) >= 11 is 7.25. The highest BCUT2D eigenvalue weighted by atomic mass is 35.5. The Balaban J connectivity index is 3.17. The van der Waals surface area contributed by atoms with Crippen molar-refractivity contribution in [1.29, 1.82) is 0 Å². The molecule has 1 rings (SSSR count). The van der Waals surface area contributed by atoms with E-state index in [4.69, 9.17) is 17.3 Å². The first kappa shape index (κ1) is 12.3. The van der Waals surface area contributed by atoms with Gasteiger partial charge in [0.15, 0.2) is 5.78 Å². The van der Waals surface area contributed by atoms with Crippen molar-refractivity contribution in [3.05, 3.63) is 22.8 Å². The molecule has 0 aromatic carbocycles. The second-order valence-electron chi connectivity index (χ2n) is 3.63. The van der Waals surface area contributed by atoms with E-state index in [-0.39, 0.29) is 11.6 Å². The van der Waals surface area contributed by atoms with Crippen molar-refractivity contribution in [3.63, 3.8) is 0 Å². The summed E-state index contributed by atoms with van der Waals surface area (Å²) in [5, 5.41) is 0.421. The normalized spacial score (nSPS) is 11.5. The number of nitrogens with two attached hydrogens (primary N) is 1. The van der Waals surface area contributed by atoms with Crippen LogP contribution in [0.4, 0.5) is 5.82 Å². The van der Waals surface area contributed by atoms with Gasteiger partial charge >= 0.3 is 0 Å². The molecule has 0 aliphatic carbocycles. The van der Waals surface area contributed by atoms with Crippen molar-refractivity contribution in [1.82, 2.24) is 4.98 Å². The lowest BCUT2D eigenvalue weighted by Gasteiger charge is -2.20. The van der Waals surface area contributed by atoms with Crippen molar-refractivity contribution in [3.8, 4) is 0 Å². The largest absolute Gasteiger partial charge is 0.383 e. The van der Waals surface area contributed by atoms with E-state index >= 15 is 0 Å². The molecule has 82 valence electrons. The fraction of sp³-hybridized carbons (Fsp3) is 0.400. The highest BCUT2D eigenvalue weighted by Crippen LogP contribution is 2.28. The van der Waals surface area contributed by atoms with Crippen LogP contribution in [0.15, 0.2) is 12.3 Å². The van der Waals surface area contributed by atoms with Gasteiger partial charge in [-0.25, -0.2) is 4.98 Å². The van der Waals surface area contributed by atoms with Crippen molar-refractivity contribution in [2.75, 3.05) is 12.0 Å². The number of aromatic nitrogens is 1. The third-order valence-electron chi connectivity index (χ3n) is 2.19. The smallest absolute Gasteiger partial charge is 0.182 e. The zero-order chi connectivity index (χ0) is 11.6. The fourth-order valence-electron chi connectivity index (χ4n) is 1.05. The summed E-state index contributed by atoms with van der Waals surface area (Å²) in [6, 6.07) is 1.56. The van der Waals surface area contributed by atoms with Crippen LogP contribution in [0.3, 0.4) is 0 Å². The molecular formula is C10H13ClN2OS. The van der Waals surface area contributed by atoms with E-state index in [1.165, 1.54) is 18.0 Å². The van der Waals surface area contributed by atoms with Crippen LogP contribution >= 0.6 is 23.4 Å². The standard InChI is InChI=1S/C10H13ClN2OS/c1-10(2,15-3)8(14)7-4-6(11)5-13-9(7)12/h4-5H,1-3H3,(H2,12,13). The number of nitrogens with zero attached hydrogens (tertiary/aromatic N) is 1. The van der Waals surface area contributed by atoms with Crippen LogP contribution in [0.2, 0.25) is 5.02 Å². The molecule has 0 saturated heterocycles. The number of nitrogen functional groups attached to an aromatic ring is 1. The maximum Gasteiger partial charge on any atom is 0.182 e. The van der Waals surface area contributed by atoms with Crippen LogP contribution in [-0.4, -0.2) is 21.8 Å². The van der Waals surface area contributed by atoms with Gasteiger partial charge in [0.25, 0.3) is 0 Å². The van der Waals surface area contributed by atoms with Gasteiger partial charge < -0.3 is 5.73 Å². The number of carbonyl (C=O) groups excluding carboxylic acids is 1. The highest BCUT2D eigenvalue weighted by molar-refractivity contribution is 8.00. The average molecular weight is 245 g/mol. The van der Waals surface area contributed by atoms with Gasteiger partial charge in [-0.1, -0.05) is 11.6 Å². The number of rotatable bonds is 3. The molecule has 0 aliphatic rings. The first-order valence-electron chi connectivity index (χ1n) is 4.39. The van der Waals surface area contributed by atoms with E-state index in [9.17, 15) is 4.79 Å². The first-order valence-corrected chi connectivity index (χ1v) is 5.99. The number of hydrogen-bond acceptors (Lipinski definition) is 4. The van der Waals surface area contributed by atoms with Crippen molar-refractivity contribution in [2.24, 2.45) is 0 Å². The Morgan fingerprint density at radius 1 is 1.60 bits per heavy atom.